The molecule has 2 heterocycles. The van der Waals surface area contributed by atoms with Gasteiger partial charge >= 0.3 is 0 Å². The van der Waals surface area contributed by atoms with Crippen LogP contribution < -0.4 is 5.73 Å². The van der Waals surface area contributed by atoms with Gasteiger partial charge in [-0.25, -0.2) is 0 Å². The summed E-state index contributed by atoms with van der Waals surface area (Å²) in [5.74, 6) is 0. The third kappa shape index (κ3) is 1.72. The maximum Gasteiger partial charge on any atom is 0.0599 e. The molecule has 0 aromatic rings. The molecule has 2 aliphatic rings. The van der Waals surface area contributed by atoms with Crippen molar-refractivity contribution in [3.05, 3.63) is 0 Å². The highest BCUT2D eigenvalue weighted by Crippen LogP contribution is 2.21. The maximum atomic E-state index is 9.17. The van der Waals surface area contributed by atoms with Gasteiger partial charge in [-0.1, -0.05) is 0 Å². The molecule has 13 heavy (non-hydrogen) atoms. The van der Waals surface area contributed by atoms with Crippen LogP contribution >= 0.6 is 0 Å². The molecule has 0 saturated carbocycles. The van der Waals surface area contributed by atoms with Gasteiger partial charge in [0.2, 0.25) is 0 Å². The predicted octanol–water partition coefficient (Wildman–Crippen LogP) is -1.30. The van der Waals surface area contributed by atoms with Crippen molar-refractivity contribution in [1.82, 2.24) is 9.80 Å². The highest BCUT2D eigenvalue weighted by molar-refractivity contribution is 4.92. The van der Waals surface area contributed by atoms with E-state index in [0.717, 1.165) is 13.1 Å². The first-order chi connectivity index (χ1) is 6.35. The quantitative estimate of drug-likeness (QED) is 0.573. The van der Waals surface area contributed by atoms with Gasteiger partial charge in [0.15, 0.2) is 0 Å². The summed E-state index contributed by atoms with van der Waals surface area (Å²) in [6.45, 7) is 5.40. The van der Waals surface area contributed by atoms with E-state index in [1.54, 1.807) is 0 Å². The van der Waals surface area contributed by atoms with E-state index in [1.807, 2.05) is 0 Å². The van der Waals surface area contributed by atoms with Crippen LogP contribution in [0.25, 0.3) is 0 Å². The molecule has 2 fully saturated rings. The molecule has 0 radical (unpaired) electrons. The van der Waals surface area contributed by atoms with E-state index in [2.05, 4.69) is 9.80 Å². The number of nitrogens with zero attached hydrogens (tertiary/aromatic N) is 2. The molecular weight excluding hydrogens is 166 g/mol. The topological polar surface area (TPSA) is 52.7 Å². The van der Waals surface area contributed by atoms with Gasteiger partial charge in [0.25, 0.3) is 0 Å². The van der Waals surface area contributed by atoms with Crippen LogP contribution in [0.3, 0.4) is 0 Å². The minimum atomic E-state index is 0.185. The van der Waals surface area contributed by atoms with E-state index in [4.69, 9.17) is 10.8 Å². The monoisotopic (exact) mass is 185 g/mol. The molecule has 0 spiro atoms. The number of aliphatic hydroxyl groups excluding tert-OH is 1. The van der Waals surface area contributed by atoms with Gasteiger partial charge in [-0.2, -0.15) is 0 Å². The standard InChI is InChI=1S/C9H19N3O/c10-5-9(7-13)12-4-3-11-2-1-8(12)6-11/h8-9,13H,1-7,10H2. The lowest BCUT2D eigenvalue weighted by molar-refractivity contribution is 0.0599. The Morgan fingerprint density at radius 1 is 1.38 bits per heavy atom. The van der Waals surface area contributed by atoms with Crippen molar-refractivity contribution in [2.45, 2.75) is 18.5 Å². The van der Waals surface area contributed by atoms with Gasteiger partial charge in [-0.05, 0) is 13.0 Å². The van der Waals surface area contributed by atoms with Gasteiger partial charge < -0.3 is 15.7 Å². The number of aliphatic hydroxyl groups is 1. The van der Waals surface area contributed by atoms with Gasteiger partial charge in [0.1, 0.15) is 0 Å². The Morgan fingerprint density at radius 2 is 2.23 bits per heavy atom. The molecule has 3 N–H and O–H groups in total. The number of hydrogen-bond donors (Lipinski definition) is 2. The highest BCUT2D eigenvalue weighted by atomic mass is 16.3. The van der Waals surface area contributed by atoms with Crippen molar-refractivity contribution in [2.24, 2.45) is 5.73 Å². The lowest BCUT2D eigenvalue weighted by atomic mass is 10.1. The van der Waals surface area contributed by atoms with Crippen LogP contribution in [0.4, 0.5) is 0 Å². The van der Waals surface area contributed by atoms with E-state index in [0.29, 0.717) is 12.6 Å². The van der Waals surface area contributed by atoms with E-state index >= 15 is 0 Å². The third-order valence-corrected chi connectivity index (χ3v) is 3.34. The first-order valence-electron chi connectivity index (χ1n) is 5.14. The molecule has 2 rings (SSSR count). The normalized spacial score (nSPS) is 36.5. The predicted molar refractivity (Wildman–Crippen MR) is 51.5 cm³/mol. The van der Waals surface area contributed by atoms with Crippen molar-refractivity contribution in [2.75, 3.05) is 39.3 Å². The maximum absolute atomic E-state index is 9.17. The Bertz CT molecular complexity index is 170. The van der Waals surface area contributed by atoms with Crippen LogP contribution in [0.15, 0.2) is 0 Å². The van der Waals surface area contributed by atoms with Crippen LogP contribution in [-0.4, -0.2) is 66.3 Å². The molecule has 4 nitrogen and oxygen atoms in total. The Morgan fingerprint density at radius 3 is 2.92 bits per heavy atom. The fourth-order valence-electron chi connectivity index (χ4n) is 2.52. The van der Waals surface area contributed by atoms with Crippen molar-refractivity contribution in [3.8, 4) is 0 Å². The second kappa shape index (κ2) is 3.92. The Balaban J connectivity index is 1.98. The number of hydrogen-bond acceptors (Lipinski definition) is 4. The first-order valence-corrected chi connectivity index (χ1v) is 5.14. The molecule has 3 atom stereocenters. The van der Waals surface area contributed by atoms with Crippen molar-refractivity contribution in [3.63, 3.8) is 0 Å². The molecule has 0 aromatic carbocycles. The molecule has 4 heteroatoms. The van der Waals surface area contributed by atoms with Gasteiger partial charge in [0, 0.05) is 38.3 Å². The summed E-state index contributed by atoms with van der Waals surface area (Å²) in [6, 6.07) is 0.833. The SMILES string of the molecule is NCC(CO)N1CCN2CCC1C2. The largest absolute Gasteiger partial charge is 0.395 e. The summed E-state index contributed by atoms with van der Waals surface area (Å²) >= 11 is 0. The molecule has 2 bridgehead atoms. The minimum absolute atomic E-state index is 0.185. The van der Waals surface area contributed by atoms with Crippen LogP contribution in [0, 0.1) is 0 Å². The highest BCUT2D eigenvalue weighted by Gasteiger charge is 2.35. The lowest BCUT2D eigenvalue weighted by Crippen LogP contribution is -2.54. The fourth-order valence-corrected chi connectivity index (χ4v) is 2.52. The number of piperazine rings is 1. The zero-order valence-electron chi connectivity index (χ0n) is 8.02. The summed E-state index contributed by atoms with van der Waals surface area (Å²) in [7, 11) is 0. The average Bonchev–Trinajstić information content (AvgIpc) is 2.54. The van der Waals surface area contributed by atoms with Gasteiger partial charge in [-0.15, -0.1) is 0 Å². The first kappa shape index (κ1) is 9.40. The second-order valence-electron chi connectivity index (χ2n) is 4.05. The number of nitrogens with two attached hydrogens (primary N) is 1. The Hall–Kier alpha value is -0.160. The third-order valence-electron chi connectivity index (χ3n) is 3.34. The number of fused-ring (bicyclic) bond motifs is 2. The molecule has 0 amide bonds. The molecule has 2 saturated heterocycles. The van der Waals surface area contributed by atoms with Gasteiger partial charge in [0.05, 0.1) is 6.61 Å². The summed E-state index contributed by atoms with van der Waals surface area (Å²) in [5.41, 5.74) is 5.63. The molecule has 0 aromatic heterocycles. The van der Waals surface area contributed by atoms with E-state index in [-0.39, 0.29) is 12.6 Å². The minimum Gasteiger partial charge on any atom is -0.395 e. The molecule has 3 unspecified atom stereocenters. The van der Waals surface area contributed by atoms with Gasteiger partial charge in [-0.3, -0.25) is 4.90 Å². The second-order valence-corrected chi connectivity index (χ2v) is 4.05. The summed E-state index contributed by atoms with van der Waals surface area (Å²) in [4.78, 5) is 4.88. The van der Waals surface area contributed by atoms with E-state index in [1.165, 1.54) is 19.5 Å². The molecular formula is C9H19N3O. The Labute approximate surface area is 79.3 Å². The van der Waals surface area contributed by atoms with Crippen LogP contribution in [0.2, 0.25) is 0 Å². The average molecular weight is 185 g/mol. The van der Waals surface area contributed by atoms with Crippen LogP contribution in [0.1, 0.15) is 6.42 Å². The number of rotatable bonds is 3. The van der Waals surface area contributed by atoms with Crippen molar-refractivity contribution in [1.29, 1.82) is 0 Å². The summed E-state index contributed by atoms with van der Waals surface area (Å²) in [5, 5.41) is 9.17. The van der Waals surface area contributed by atoms with E-state index in [9.17, 15) is 0 Å². The molecule has 0 aliphatic carbocycles. The summed E-state index contributed by atoms with van der Waals surface area (Å²) < 4.78 is 0. The summed E-state index contributed by atoms with van der Waals surface area (Å²) in [6.07, 6.45) is 1.25. The van der Waals surface area contributed by atoms with Crippen LogP contribution in [-0.2, 0) is 0 Å². The zero-order valence-corrected chi connectivity index (χ0v) is 8.02. The van der Waals surface area contributed by atoms with Crippen molar-refractivity contribution >= 4 is 0 Å². The zero-order chi connectivity index (χ0) is 9.26. The van der Waals surface area contributed by atoms with Crippen molar-refractivity contribution < 1.29 is 5.11 Å². The smallest absolute Gasteiger partial charge is 0.0599 e. The lowest BCUT2D eigenvalue weighted by Gasteiger charge is -2.38. The Kier molecular flexibility index (Phi) is 2.83. The molecule has 2 aliphatic heterocycles. The fraction of sp³-hybridized carbons (Fsp3) is 1.00. The van der Waals surface area contributed by atoms with E-state index < -0.39 is 0 Å². The van der Waals surface area contributed by atoms with Crippen LogP contribution in [0.5, 0.6) is 0 Å². The molecule has 76 valence electrons.